The Kier molecular flexibility index (Phi) is 13.6. The van der Waals surface area contributed by atoms with Crippen molar-refractivity contribution in [1.29, 1.82) is 0 Å². The number of imide groups is 1. The summed E-state index contributed by atoms with van der Waals surface area (Å²) < 4.78 is 0. The van der Waals surface area contributed by atoms with E-state index in [-0.39, 0.29) is 37.9 Å². The summed E-state index contributed by atoms with van der Waals surface area (Å²) in [6.07, 6.45) is 1.13. The van der Waals surface area contributed by atoms with Gasteiger partial charge >= 0.3 is 11.9 Å². The first-order chi connectivity index (χ1) is 9.33. The third-order valence-electron chi connectivity index (χ3n) is 1.74. The molecule has 0 aliphatic carbocycles. The summed E-state index contributed by atoms with van der Waals surface area (Å²) >= 11 is 0. The van der Waals surface area contributed by atoms with Crippen LogP contribution in [-0.2, 0) is 19.2 Å². The Bertz CT molecular complexity index is 298. The molecule has 1 fully saturated rings. The first kappa shape index (κ1) is 20.3. The minimum absolute atomic E-state index is 0.125. The third-order valence-corrected chi connectivity index (χ3v) is 1.74. The Morgan fingerprint density at radius 2 is 1.25 bits per heavy atom. The average molecular weight is 293 g/mol. The van der Waals surface area contributed by atoms with Gasteiger partial charge in [-0.3, -0.25) is 24.5 Å². The van der Waals surface area contributed by atoms with Crippen LogP contribution in [0.1, 0.15) is 32.1 Å². The van der Waals surface area contributed by atoms with Gasteiger partial charge in [0.1, 0.15) is 0 Å². The van der Waals surface area contributed by atoms with Crippen molar-refractivity contribution in [3.8, 4) is 0 Å². The fourth-order valence-electron chi connectivity index (χ4n) is 0.904. The van der Waals surface area contributed by atoms with Crippen molar-refractivity contribution in [1.82, 2.24) is 5.32 Å². The highest BCUT2D eigenvalue weighted by molar-refractivity contribution is 5.97. The van der Waals surface area contributed by atoms with Crippen LogP contribution in [0, 0.1) is 0 Å². The number of carbonyl (C=O) groups is 4. The third kappa shape index (κ3) is 18.4. The molecule has 0 radical (unpaired) electrons. The largest absolute Gasteiger partial charge is 0.481 e. The molecule has 116 valence electrons. The number of rotatable bonds is 4. The van der Waals surface area contributed by atoms with Crippen molar-refractivity contribution in [3.63, 3.8) is 0 Å². The predicted molar refractivity (Wildman–Crippen MR) is 65.7 cm³/mol. The summed E-state index contributed by atoms with van der Waals surface area (Å²) in [5.41, 5.74) is 0. The fraction of sp³-hybridized carbons (Fsp3) is 0.636. The highest BCUT2D eigenvalue weighted by Gasteiger charge is 2.12. The van der Waals surface area contributed by atoms with Crippen LogP contribution in [0.15, 0.2) is 0 Å². The molecule has 1 heterocycles. The van der Waals surface area contributed by atoms with Crippen LogP contribution in [0.2, 0.25) is 0 Å². The number of aliphatic carboxylic acids is 2. The summed E-state index contributed by atoms with van der Waals surface area (Å²) in [5.74, 6) is -2.43. The zero-order valence-corrected chi connectivity index (χ0v) is 10.9. The molecule has 0 bridgehead atoms. The molecule has 1 rings (SSSR count). The summed E-state index contributed by atoms with van der Waals surface area (Å²) in [5, 5.41) is 33.2. The molecule has 0 aromatic carbocycles. The number of hydrogen-bond donors (Lipinski definition) is 5. The van der Waals surface area contributed by atoms with Gasteiger partial charge < -0.3 is 20.4 Å². The maximum atomic E-state index is 10.3. The summed E-state index contributed by atoms with van der Waals surface area (Å²) in [6, 6.07) is 0. The lowest BCUT2D eigenvalue weighted by Crippen LogP contribution is -2.33. The van der Waals surface area contributed by atoms with Gasteiger partial charge in [-0.05, 0) is 6.42 Å². The number of hydrogen-bond acceptors (Lipinski definition) is 6. The molecule has 0 spiro atoms. The molecule has 0 aromatic heterocycles. The number of amides is 2. The van der Waals surface area contributed by atoms with E-state index in [1.54, 1.807) is 0 Å². The zero-order chi connectivity index (χ0) is 16.0. The van der Waals surface area contributed by atoms with Crippen LogP contribution in [0.25, 0.3) is 0 Å². The maximum absolute atomic E-state index is 10.3. The van der Waals surface area contributed by atoms with Gasteiger partial charge in [-0.1, -0.05) is 0 Å². The Balaban J connectivity index is 0. The SMILES string of the molecule is O=C(O)CCC(=O)O.O=C1CCCC(=O)N1.OCCO. The van der Waals surface area contributed by atoms with Crippen LogP contribution in [-0.4, -0.2) is 57.4 Å². The molecule has 2 amide bonds. The first-order valence-electron chi connectivity index (χ1n) is 5.81. The molecule has 0 unspecified atom stereocenters. The molecular weight excluding hydrogens is 274 g/mol. The van der Waals surface area contributed by atoms with Gasteiger partial charge in [0.2, 0.25) is 11.8 Å². The van der Waals surface area contributed by atoms with Crippen molar-refractivity contribution in [2.45, 2.75) is 32.1 Å². The van der Waals surface area contributed by atoms with Crippen LogP contribution in [0.5, 0.6) is 0 Å². The van der Waals surface area contributed by atoms with Crippen molar-refractivity contribution < 1.29 is 39.6 Å². The van der Waals surface area contributed by atoms with Crippen LogP contribution in [0.3, 0.4) is 0 Å². The molecule has 1 aliphatic heterocycles. The Hall–Kier alpha value is -2.00. The van der Waals surface area contributed by atoms with Gasteiger partial charge in [0.15, 0.2) is 0 Å². The molecule has 1 saturated heterocycles. The molecule has 0 aromatic rings. The van der Waals surface area contributed by atoms with Gasteiger partial charge in [0, 0.05) is 12.8 Å². The van der Waals surface area contributed by atoms with Crippen molar-refractivity contribution in [2.75, 3.05) is 13.2 Å². The van der Waals surface area contributed by atoms with Gasteiger partial charge in [0.05, 0.1) is 26.1 Å². The number of carboxylic acid groups (broad SMARTS) is 2. The number of aliphatic hydroxyl groups excluding tert-OH is 2. The summed E-state index contributed by atoms with van der Waals surface area (Å²) in [4.78, 5) is 40.0. The number of piperidine rings is 1. The van der Waals surface area contributed by atoms with Gasteiger partial charge in [-0.2, -0.15) is 0 Å². The Labute approximate surface area is 115 Å². The van der Waals surface area contributed by atoms with E-state index >= 15 is 0 Å². The minimum Gasteiger partial charge on any atom is -0.481 e. The average Bonchev–Trinajstić information content (AvgIpc) is 2.37. The lowest BCUT2D eigenvalue weighted by atomic mass is 10.1. The van der Waals surface area contributed by atoms with E-state index in [1.807, 2.05) is 0 Å². The molecule has 0 atom stereocenters. The molecule has 0 saturated carbocycles. The highest BCUT2D eigenvalue weighted by Crippen LogP contribution is 2.00. The Morgan fingerprint density at radius 1 is 0.900 bits per heavy atom. The molecular formula is C11H19NO8. The van der Waals surface area contributed by atoms with Crippen LogP contribution >= 0.6 is 0 Å². The number of aliphatic hydroxyl groups is 2. The molecule has 1 aliphatic rings. The lowest BCUT2D eigenvalue weighted by Gasteiger charge is -2.07. The van der Waals surface area contributed by atoms with E-state index in [2.05, 4.69) is 5.32 Å². The van der Waals surface area contributed by atoms with Crippen molar-refractivity contribution in [2.24, 2.45) is 0 Å². The van der Waals surface area contributed by atoms with E-state index in [0.717, 1.165) is 0 Å². The minimum atomic E-state index is -1.08. The van der Waals surface area contributed by atoms with Crippen LogP contribution in [0.4, 0.5) is 0 Å². The maximum Gasteiger partial charge on any atom is 0.303 e. The highest BCUT2D eigenvalue weighted by atomic mass is 16.4. The van der Waals surface area contributed by atoms with E-state index in [0.29, 0.717) is 19.3 Å². The number of carboxylic acids is 2. The quantitative estimate of drug-likeness (QED) is 0.400. The summed E-state index contributed by atoms with van der Waals surface area (Å²) in [7, 11) is 0. The second kappa shape index (κ2) is 13.4. The Morgan fingerprint density at radius 3 is 1.40 bits per heavy atom. The fourth-order valence-corrected chi connectivity index (χ4v) is 0.904. The van der Waals surface area contributed by atoms with Gasteiger partial charge in [-0.15, -0.1) is 0 Å². The molecule has 5 N–H and O–H groups in total. The second-order valence-electron chi connectivity index (χ2n) is 3.56. The van der Waals surface area contributed by atoms with E-state index < -0.39 is 11.9 Å². The van der Waals surface area contributed by atoms with E-state index in [9.17, 15) is 19.2 Å². The van der Waals surface area contributed by atoms with Crippen molar-refractivity contribution in [3.05, 3.63) is 0 Å². The number of nitrogens with one attached hydrogen (secondary N) is 1. The second-order valence-corrected chi connectivity index (χ2v) is 3.56. The molecule has 9 heteroatoms. The van der Waals surface area contributed by atoms with Crippen LogP contribution < -0.4 is 5.32 Å². The predicted octanol–water partition coefficient (Wildman–Crippen LogP) is -1.28. The standard InChI is InChI=1S/C5H7NO2.C4H6O4.C2H6O2/c7-4-2-1-3-5(8)6-4;5-3(6)1-2-4(7)8;3-1-2-4/h1-3H2,(H,6,7,8);1-2H2,(H,5,6)(H,7,8);3-4H,1-2H2. The summed E-state index contributed by atoms with van der Waals surface area (Å²) in [6.45, 7) is -0.250. The number of carbonyl (C=O) groups excluding carboxylic acids is 2. The lowest BCUT2D eigenvalue weighted by molar-refractivity contribution is -0.143. The molecule has 9 nitrogen and oxygen atoms in total. The normalized spacial score (nSPS) is 13.1. The monoisotopic (exact) mass is 293 g/mol. The van der Waals surface area contributed by atoms with Gasteiger partial charge in [0.25, 0.3) is 0 Å². The zero-order valence-electron chi connectivity index (χ0n) is 10.9. The van der Waals surface area contributed by atoms with Gasteiger partial charge in [-0.25, -0.2) is 0 Å². The van der Waals surface area contributed by atoms with E-state index in [1.165, 1.54) is 0 Å². The van der Waals surface area contributed by atoms with E-state index in [4.69, 9.17) is 20.4 Å². The molecule has 20 heavy (non-hydrogen) atoms. The topological polar surface area (TPSA) is 161 Å². The first-order valence-corrected chi connectivity index (χ1v) is 5.81. The smallest absolute Gasteiger partial charge is 0.303 e. The van der Waals surface area contributed by atoms with Crippen molar-refractivity contribution >= 4 is 23.8 Å².